The Kier molecular flexibility index (Phi) is 4.05. The van der Waals surface area contributed by atoms with E-state index in [0.717, 1.165) is 54.8 Å². The smallest absolute Gasteiger partial charge is 0.135 e. The lowest BCUT2D eigenvalue weighted by Crippen LogP contribution is -2.45. The maximum atomic E-state index is 7.71. The third kappa shape index (κ3) is 3.02. The van der Waals surface area contributed by atoms with E-state index in [1.807, 2.05) is 0 Å². The van der Waals surface area contributed by atoms with Gasteiger partial charge in [-0.25, -0.2) is 4.98 Å². The number of hydrogen-bond acceptors (Lipinski definition) is 5. The van der Waals surface area contributed by atoms with Gasteiger partial charge in [-0.3, -0.25) is 10.3 Å². The molecule has 3 N–H and O–H groups in total. The van der Waals surface area contributed by atoms with Crippen molar-refractivity contribution in [3.05, 3.63) is 15.6 Å². The Morgan fingerprint density at radius 1 is 1.30 bits per heavy atom. The van der Waals surface area contributed by atoms with Crippen molar-refractivity contribution in [2.45, 2.75) is 32.2 Å². The number of nitrogens with two attached hydrogens (primary N) is 1. The van der Waals surface area contributed by atoms with E-state index in [2.05, 4.69) is 16.7 Å². The van der Waals surface area contributed by atoms with E-state index >= 15 is 0 Å². The molecule has 1 aromatic rings. The number of amidine groups is 1. The SMILES string of the molecule is CCN1CCN(Cc2nc(C3CC3)c(C(=N)N)s2)CC1. The lowest BCUT2D eigenvalue weighted by molar-refractivity contribution is 0.132. The molecule has 2 aliphatic rings. The van der Waals surface area contributed by atoms with Crippen LogP contribution in [0.4, 0.5) is 0 Å². The molecule has 3 rings (SSSR count). The molecular weight excluding hydrogens is 270 g/mol. The number of aromatic nitrogens is 1. The molecule has 20 heavy (non-hydrogen) atoms. The fourth-order valence-corrected chi connectivity index (χ4v) is 3.78. The number of nitrogens with zero attached hydrogens (tertiary/aromatic N) is 3. The predicted octanol–water partition coefficient (Wildman–Crippen LogP) is 1.44. The molecule has 0 amide bonds. The molecule has 1 saturated carbocycles. The van der Waals surface area contributed by atoms with Crippen LogP contribution in [0.3, 0.4) is 0 Å². The fourth-order valence-electron chi connectivity index (χ4n) is 2.73. The number of piperazine rings is 1. The number of rotatable bonds is 5. The van der Waals surface area contributed by atoms with Gasteiger partial charge in [-0.05, 0) is 19.4 Å². The summed E-state index contributed by atoms with van der Waals surface area (Å²) >= 11 is 1.62. The van der Waals surface area contributed by atoms with E-state index in [9.17, 15) is 0 Å². The van der Waals surface area contributed by atoms with Crippen LogP contribution in [0.25, 0.3) is 0 Å². The van der Waals surface area contributed by atoms with Crippen LogP contribution in [0.2, 0.25) is 0 Å². The highest BCUT2D eigenvalue weighted by molar-refractivity contribution is 7.13. The van der Waals surface area contributed by atoms with Crippen molar-refractivity contribution in [3.63, 3.8) is 0 Å². The van der Waals surface area contributed by atoms with Crippen LogP contribution in [0, 0.1) is 5.41 Å². The Morgan fingerprint density at radius 3 is 2.50 bits per heavy atom. The van der Waals surface area contributed by atoms with Gasteiger partial charge in [0, 0.05) is 32.1 Å². The Bertz CT molecular complexity index is 486. The number of nitrogen functional groups attached to an aromatic ring is 1. The van der Waals surface area contributed by atoms with Gasteiger partial charge in [0.2, 0.25) is 0 Å². The molecule has 2 fully saturated rings. The van der Waals surface area contributed by atoms with Crippen LogP contribution in [0.5, 0.6) is 0 Å². The first-order valence-corrected chi connectivity index (χ1v) is 8.27. The Labute approximate surface area is 124 Å². The summed E-state index contributed by atoms with van der Waals surface area (Å²) in [6.45, 7) is 8.80. The topological polar surface area (TPSA) is 69.2 Å². The highest BCUT2D eigenvalue weighted by Crippen LogP contribution is 2.42. The molecule has 0 radical (unpaired) electrons. The van der Waals surface area contributed by atoms with Crippen LogP contribution in [-0.4, -0.2) is 53.3 Å². The van der Waals surface area contributed by atoms with E-state index in [1.165, 1.54) is 12.8 Å². The molecule has 0 bridgehead atoms. The molecule has 1 saturated heterocycles. The van der Waals surface area contributed by atoms with Gasteiger partial charge in [-0.1, -0.05) is 6.92 Å². The summed E-state index contributed by atoms with van der Waals surface area (Å²) in [5.74, 6) is 0.752. The zero-order chi connectivity index (χ0) is 14.1. The monoisotopic (exact) mass is 293 g/mol. The largest absolute Gasteiger partial charge is 0.383 e. The van der Waals surface area contributed by atoms with E-state index in [0.29, 0.717) is 5.92 Å². The minimum Gasteiger partial charge on any atom is -0.383 e. The van der Waals surface area contributed by atoms with Crippen molar-refractivity contribution in [1.29, 1.82) is 5.41 Å². The van der Waals surface area contributed by atoms with E-state index < -0.39 is 0 Å². The maximum absolute atomic E-state index is 7.71. The first kappa shape index (κ1) is 14.0. The number of nitrogens with one attached hydrogen (secondary N) is 1. The molecule has 0 spiro atoms. The quantitative estimate of drug-likeness (QED) is 0.637. The zero-order valence-corrected chi connectivity index (χ0v) is 12.9. The molecular formula is C14H23N5S. The van der Waals surface area contributed by atoms with Gasteiger partial charge in [0.25, 0.3) is 0 Å². The van der Waals surface area contributed by atoms with Crippen molar-refractivity contribution >= 4 is 17.2 Å². The molecule has 0 aromatic carbocycles. The van der Waals surface area contributed by atoms with Crippen molar-refractivity contribution < 1.29 is 0 Å². The van der Waals surface area contributed by atoms with Crippen LogP contribution >= 0.6 is 11.3 Å². The third-order valence-electron chi connectivity index (χ3n) is 4.18. The van der Waals surface area contributed by atoms with Crippen molar-refractivity contribution in [2.24, 2.45) is 5.73 Å². The lowest BCUT2D eigenvalue weighted by Gasteiger charge is -2.33. The summed E-state index contributed by atoms with van der Waals surface area (Å²) in [5, 5.41) is 8.84. The molecule has 2 heterocycles. The molecule has 1 aromatic heterocycles. The van der Waals surface area contributed by atoms with Gasteiger partial charge >= 0.3 is 0 Å². The average Bonchev–Trinajstić information content (AvgIpc) is 3.21. The van der Waals surface area contributed by atoms with Gasteiger partial charge in [-0.15, -0.1) is 11.3 Å². The van der Waals surface area contributed by atoms with Crippen LogP contribution < -0.4 is 5.73 Å². The minimum atomic E-state index is 0.187. The molecule has 5 nitrogen and oxygen atoms in total. The first-order valence-electron chi connectivity index (χ1n) is 7.46. The Morgan fingerprint density at radius 2 is 1.95 bits per heavy atom. The predicted molar refractivity (Wildman–Crippen MR) is 82.5 cm³/mol. The molecule has 6 heteroatoms. The summed E-state index contributed by atoms with van der Waals surface area (Å²) in [6, 6.07) is 0. The molecule has 1 aliphatic carbocycles. The van der Waals surface area contributed by atoms with E-state index in [4.69, 9.17) is 16.1 Å². The normalized spacial score (nSPS) is 21.2. The molecule has 0 unspecified atom stereocenters. The van der Waals surface area contributed by atoms with Crippen LogP contribution in [0.15, 0.2) is 0 Å². The van der Waals surface area contributed by atoms with Crippen LogP contribution in [-0.2, 0) is 6.54 Å². The number of thiazole rings is 1. The van der Waals surface area contributed by atoms with Gasteiger partial charge in [0.05, 0.1) is 17.1 Å². The summed E-state index contributed by atoms with van der Waals surface area (Å²) in [5.41, 5.74) is 6.78. The zero-order valence-electron chi connectivity index (χ0n) is 12.1. The Hall–Kier alpha value is -0.980. The van der Waals surface area contributed by atoms with Crippen molar-refractivity contribution in [1.82, 2.24) is 14.8 Å². The van der Waals surface area contributed by atoms with Crippen LogP contribution in [0.1, 0.15) is 41.3 Å². The number of likely N-dealkylation sites (N-methyl/N-ethyl adjacent to an activating group) is 1. The maximum Gasteiger partial charge on any atom is 0.135 e. The van der Waals surface area contributed by atoms with E-state index in [-0.39, 0.29) is 5.84 Å². The molecule has 0 atom stereocenters. The van der Waals surface area contributed by atoms with Crippen molar-refractivity contribution in [3.8, 4) is 0 Å². The average molecular weight is 293 g/mol. The fraction of sp³-hybridized carbons (Fsp3) is 0.714. The van der Waals surface area contributed by atoms with E-state index in [1.54, 1.807) is 11.3 Å². The first-order chi connectivity index (χ1) is 9.67. The second kappa shape index (κ2) is 5.79. The van der Waals surface area contributed by atoms with Gasteiger partial charge < -0.3 is 10.6 Å². The summed E-state index contributed by atoms with van der Waals surface area (Å²) in [7, 11) is 0. The standard InChI is InChI=1S/C14H23N5S/c1-2-18-5-7-19(8-6-18)9-11-17-12(10-3-4-10)13(20-11)14(15)16/h10H,2-9H2,1H3,(H3,15,16). The summed E-state index contributed by atoms with van der Waals surface area (Å²) in [6.07, 6.45) is 2.41. The Balaban J connectivity index is 1.66. The van der Waals surface area contributed by atoms with Gasteiger partial charge in [0.15, 0.2) is 0 Å². The second-order valence-electron chi connectivity index (χ2n) is 5.72. The number of hydrogen-bond donors (Lipinski definition) is 2. The van der Waals surface area contributed by atoms with Crippen molar-refractivity contribution in [2.75, 3.05) is 32.7 Å². The highest BCUT2D eigenvalue weighted by Gasteiger charge is 2.31. The highest BCUT2D eigenvalue weighted by atomic mass is 32.1. The third-order valence-corrected chi connectivity index (χ3v) is 5.27. The van der Waals surface area contributed by atoms with Gasteiger partial charge in [-0.2, -0.15) is 0 Å². The minimum absolute atomic E-state index is 0.187. The lowest BCUT2D eigenvalue weighted by atomic mass is 10.2. The van der Waals surface area contributed by atoms with Gasteiger partial charge in [0.1, 0.15) is 10.8 Å². The second-order valence-corrected chi connectivity index (χ2v) is 6.80. The summed E-state index contributed by atoms with van der Waals surface area (Å²) in [4.78, 5) is 10.6. The molecule has 110 valence electrons. The molecule has 1 aliphatic heterocycles. The summed E-state index contributed by atoms with van der Waals surface area (Å²) < 4.78 is 0.